The number of nitrogens with zero attached hydrogens (tertiary/aromatic N) is 2. The monoisotopic (exact) mass is 255 g/mol. The molecule has 19 heavy (non-hydrogen) atoms. The molecule has 1 heterocycles. The summed E-state index contributed by atoms with van der Waals surface area (Å²) in [5.41, 5.74) is 1.46. The molecule has 1 N–H and O–H groups in total. The quantitative estimate of drug-likeness (QED) is 0.892. The van der Waals surface area contributed by atoms with Crippen LogP contribution in [0, 0.1) is 11.3 Å². The van der Waals surface area contributed by atoms with Gasteiger partial charge in [-0.3, -0.25) is 0 Å². The molecule has 2 aromatic rings. The van der Waals surface area contributed by atoms with Gasteiger partial charge in [-0.2, -0.15) is 5.26 Å². The van der Waals surface area contributed by atoms with Crippen LogP contribution < -0.4 is 5.32 Å². The summed E-state index contributed by atoms with van der Waals surface area (Å²) >= 11 is 0. The van der Waals surface area contributed by atoms with Crippen molar-refractivity contribution in [3.8, 4) is 6.07 Å². The van der Waals surface area contributed by atoms with Gasteiger partial charge in [-0.25, -0.2) is 4.98 Å². The first-order valence-electron chi connectivity index (χ1n) is 6.30. The van der Waals surface area contributed by atoms with Crippen LogP contribution in [0.25, 0.3) is 10.9 Å². The summed E-state index contributed by atoms with van der Waals surface area (Å²) in [7, 11) is 1.68. The Bertz CT molecular complexity index is 604. The summed E-state index contributed by atoms with van der Waals surface area (Å²) in [4.78, 5) is 4.52. The molecule has 0 aliphatic carbocycles. The summed E-state index contributed by atoms with van der Waals surface area (Å²) in [6.07, 6.45) is 0.871. The summed E-state index contributed by atoms with van der Waals surface area (Å²) in [5, 5.41) is 13.5. The minimum absolute atomic E-state index is 0.209. The van der Waals surface area contributed by atoms with Crippen molar-refractivity contribution in [3.63, 3.8) is 0 Å². The van der Waals surface area contributed by atoms with Gasteiger partial charge in [0.05, 0.1) is 11.1 Å². The van der Waals surface area contributed by atoms with Crippen LogP contribution in [-0.4, -0.2) is 24.7 Å². The molecule has 4 nitrogen and oxygen atoms in total. The lowest BCUT2D eigenvalue weighted by Crippen LogP contribution is -2.18. The van der Waals surface area contributed by atoms with Crippen molar-refractivity contribution in [2.75, 3.05) is 19.0 Å². The second-order valence-electron chi connectivity index (χ2n) is 4.52. The number of aromatic nitrogens is 1. The molecular weight excluding hydrogens is 238 g/mol. The van der Waals surface area contributed by atoms with E-state index < -0.39 is 0 Å². The van der Waals surface area contributed by atoms with Gasteiger partial charge >= 0.3 is 0 Å². The highest BCUT2D eigenvalue weighted by Crippen LogP contribution is 2.20. The van der Waals surface area contributed by atoms with E-state index in [0.29, 0.717) is 18.0 Å². The molecule has 1 aromatic heterocycles. The third-order valence-electron chi connectivity index (χ3n) is 2.98. The Morgan fingerprint density at radius 2 is 2.21 bits per heavy atom. The number of rotatable bonds is 5. The van der Waals surface area contributed by atoms with Gasteiger partial charge in [0, 0.05) is 25.1 Å². The van der Waals surface area contributed by atoms with Gasteiger partial charge < -0.3 is 10.1 Å². The molecule has 0 aliphatic heterocycles. The number of ether oxygens (including phenoxy) is 1. The molecule has 0 spiro atoms. The lowest BCUT2D eigenvalue weighted by Gasteiger charge is -2.15. The lowest BCUT2D eigenvalue weighted by molar-refractivity contribution is 0.191. The number of hydrogen-bond donors (Lipinski definition) is 1. The molecule has 1 unspecified atom stereocenters. The maximum Gasteiger partial charge on any atom is 0.144 e. The predicted molar refractivity (Wildman–Crippen MR) is 76.0 cm³/mol. The van der Waals surface area contributed by atoms with E-state index in [1.165, 1.54) is 0 Å². The van der Waals surface area contributed by atoms with E-state index in [1.54, 1.807) is 7.11 Å². The minimum Gasteiger partial charge on any atom is -0.385 e. The van der Waals surface area contributed by atoms with Crippen molar-refractivity contribution < 1.29 is 4.74 Å². The van der Waals surface area contributed by atoms with Crippen molar-refractivity contribution in [2.45, 2.75) is 19.4 Å². The maximum absolute atomic E-state index is 9.21. The highest BCUT2D eigenvalue weighted by atomic mass is 16.5. The molecule has 0 fully saturated rings. The first kappa shape index (κ1) is 13.3. The minimum atomic E-state index is 0.209. The number of pyridine rings is 1. The molecule has 4 heteroatoms. The highest BCUT2D eigenvalue weighted by Gasteiger charge is 2.09. The lowest BCUT2D eigenvalue weighted by atomic mass is 10.1. The van der Waals surface area contributed by atoms with Gasteiger partial charge in [0.1, 0.15) is 11.9 Å². The molecule has 1 aromatic carbocycles. The number of nitrogens with one attached hydrogen (secondary N) is 1. The van der Waals surface area contributed by atoms with E-state index in [-0.39, 0.29) is 6.04 Å². The Morgan fingerprint density at radius 3 is 2.95 bits per heavy atom. The second kappa shape index (κ2) is 6.17. The molecule has 0 radical (unpaired) electrons. The molecule has 2 rings (SSSR count). The van der Waals surface area contributed by atoms with Crippen LogP contribution in [0.15, 0.2) is 30.3 Å². The van der Waals surface area contributed by atoms with Gasteiger partial charge in [0.25, 0.3) is 0 Å². The first-order valence-corrected chi connectivity index (χ1v) is 6.30. The SMILES string of the molecule is COCCC(C)Nc1nc2ccccc2cc1C#N. The molecule has 0 saturated heterocycles. The fourth-order valence-corrected chi connectivity index (χ4v) is 1.91. The van der Waals surface area contributed by atoms with E-state index >= 15 is 0 Å². The largest absolute Gasteiger partial charge is 0.385 e. The number of fused-ring (bicyclic) bond motifs is 1. The summed E-state index contributed by atoms with van der Waals surface area (Å²) in [6, 6.07) is 12.1. The molecule has 0 amide bonds. The normalized spacial score (nSPS) is 12.1. The smallest absolute Gasteiger partial charge is 0.144 e. The van der Waals surface area contributed by atoms with E-state index in [9.17, 15) is 5.26 Å². The van der Waals surface area contributed by atoms with Gasteiger partial charge in [-0.1, -0.05) is 18.2 Å². The number of para-hydroxylation sites is 1. The van der Waals surface area contributed by atoms with E-state index in [4.69, 9.17) is 4.74 Å². The molecule has 98 valence electrons. The van der Waals surface area contributed by atoms with Crippen LogP contribution in [0.2, 0.25) is 0 Å². The summed E-state index contributed by atoms with van der Waals surface area (Å²) in [5.74, 6) is 0.643. The van der Waals surface area contributed by atoms with Gasteiger partial charge in [-0.15, -0.1) is 0 Å². The van der Waals surface area contributed by atoms with Crippen molar-refractivity contribution in [3.05, 3.63) is 35.9 Å². The number of methoxy groups -OCH3 is 1. The van der Waals surface area contributed by atoms with Gasteiger partial charge in [-0.05, 0) is 25.5 Å². The highest BCUT2D eigenvalue weighted by molar-refractivity contribution is 5.82. The van der Waals surface area contributed by atoms with Crippen molar-refractivity contribution in [1.82, 2.24) is 4.98 Å². The van der Waals surface area contributed by atoms with E-state index in [1.807, 2.05) is 30.3 Å². The standard InChI is InChI=1S/C15H17N3O/c1-11(7-8-19-2)17-15-13(10-16)9-12-5-3-4-6-14(12)18-15/h3-6,9,11H,7-8H2,1-2H3,(H,17,18). The Kier molecular flexibility index (Phi) is 4.32. The predicted octanol–water partition coefficient (Wildman–Crippen LogP) is 2.94. The number of nitriles is 1. The van der Waals surface area contributed by atoms with Gasteiger partial charge in [0.15, 0.2) is 0 Å². The Labute approximate surface area is 113 Å². The van der Waals surface area contributed by atoms with Crippen LogP contribution in [-0.2, 0) is 4.74 Å². The Morgan fingerprint density at radius 1 is 1.42 bits per heavy atom. The van der Waals surface area contributed by atoms with Crippen LogP contribution in [0.3, 0.4) is 0 Å². The van der Waals surface area contributed by atoms with Crippen LogP contribution in [0.4, 0.5) is 5.82 Å². The van der Waals surface area contributed by atoms with Crippen molar-refractivity contribution >= 4 is 16.7 Å². The van der Waals surface area contributed by atoms with Crippen molar-refractivity contribution in [1.29, 1.82) is 5.26 Å². The third-order valence-corrected chi connectivity index (χ3v) is 2.98. The first-order chi connectivity index (χ1) is 9.24. The molecule has 1 atom stereocenters. The number of benzene rings is 1. The Hall–Kier alpha value is -2.12. The molecule has 0 saturated carbocycles. The number of anilines is 1. The van der Waals surface area contributed by atoms with Gasteiger partial charge in [0.2, 0.25) is 0 Å². The summed E-state index contributed by atoms with van der Waals surface area (Å²) in [6.45, 7) is 2.74. The topological polar surface area (TPSA) is 57.9 Å². The average molecular weight is 255 g/mol. The van der Waals surface area contributed by atoms with E-state index in [2.05, 4.69) is 23.3 Å². The molecule has 0 aliphatic rings. The Balaban J connectivity index is 2.28. The average Bonchev–Trinajstić information content (AvgIpc) is 2.44. The van der Waals surface area contributed by atoms with E-state index in [0.717, 1.165) is 17.3 Å². The zero-order valence-electron chi connectivity index (χ0n) is 11.2. The zero-order valence-corrected chi connectivity index (χ0v) is 11.2. The zero-order chi connectivity index (χ0) is 13.7. The summed E-state index contributed by atoms with van der Waals surface area (Å²) < 4.78 is 5.05. The van der Waals surface area contributed by atoms with Crippen LogP contribution in [0.5, 0.6) is 0 Å². The fraction of sp³-hybridized carbons (Fsp3) is 0.333. The molecular formula is C15H17N3O. The number of hydrogen-bond acceptors (Lipinski definition) is 4. The second-order valence-corrected chi connectivity index (χ2v) is 4.52. The van der Waals surface area contributed by atoms with Crippen molar-refractivity contribution in [2.24, 2.45) is 0 Å². The third kappa shape index (κ3) is 3.21. The maximum atomic E-state index is 9.21. The molecule has 0 bridgehead atoms. The fourth-order valence-electron chi connectivity index (χ4n) is 1.91. The van der Waals surface area contributed by atoms with Crippen LogP contribution in [0.1, 0.15) is 18.9 Å². The van der Waals surface area contributed by atoms with Crippen LogP contribution >= 0.6 is 0 Å².